The zero-order valence-corrected chi connectivity index (χ0v) is 22.6. The molecule has 0 unspecified atom stereocenters. The van der Waals surface area contributed by atoms with Crippen LogP contribution < -0.4 is 10.1 Å². The van der Waals surface area contributed by atoms with E-state index in [0.29, 0.717) is 48.4 Å². The molecule has 0 amide bonds. The maximum atomic E-state index is 10.8. The summed E-state index contributed by atoms with van der Waals surface area (Å²) < 4.78 is 7.33. The first kappa shape index (κ1) is 29.8. The fourth-order valence-corrected chi connectivity index (χ4v) is 3.86. The lowest BCUT2D eigenvalue weighted by Gasteiger charge is -2.12. The summed E-state index contributed by atoms with van der Waals surface area (Å²) in [6.07, 6.45) is 4.11. The second kappa shape index (κ2) is 15.0. The molecule has 2 heterocycles. The number of ether oxygens (including phenoxy) is 1. The molecule has 0 saturated heterocycles. The van der Waals surface area contributed by atoms with Crippen molar-refractivity contribution in [3.8, 4) is 5.75 Å². The average molecular weight is 534 g/mol. The fraction of sp³-hybridized carbons (Fsp3) is 0.500. The number of hydrogen-bond donors (Lipinski definition) is 3. The van der Waals surface area contributed by atoms with Crippen molar-refractivity contribution < 1.29 is 24.5 Å². The van der Waals surface area contributed by atoms with Crippen LogP contribution in [0.2, 0.25) is 5.02 Å². The van der Waals surface area contributed by atoms with Gasteiger partial charge in [0.05, 0.1) is 17.3 Å². The molecule has 0 radical (unpaired) electrons. The number of hydrogen-bond acceptors (Lipinski definition) is 7. The highest BCUT2D eigenvalue weighted by Crippen LogP contribution is 2.28. The standard InChI is InChI=1S/C23H30ClN5O3.C3H6O2/c1-4-8-17-21-22(29(3)28-17)23(27-19(26-21)9-6-7-10-20(30)31)25-14-15-11-12-18(32-5-2)16(24)13-15;1-2-3(4)5/h11-13H,4-10,14H2,1-3H3,(H,30,31)(H,25,26,27);2H2,1H3,(H,4,5). The number of carboxylic acids is 2. The zero-order chi connectivity index (χ0) is 27.4. The Labute approximate surface area is 222 Å². The summed E-state index contributed by atoms with van der Waals surface area (Å²) in [4.78, 5) is 29.7. The summed E-state index contributed by atoms with van der Waals surface area (Å²) in [7, 11) is 1.90. The third kappa shape index (κ3) is 9.20. The number of aryl methyl sites for hydroxylation is 3. The molecule has 0 aliphatic carbocycles. The molecule has 0 aliphatic rings. The van der Waals surface area contributed by atoms with Gasteiger partial charge in [-0.2, -0.15) is 5.10 Å². The van der Waals surface area contributed by atoms with Gasteiger partial charge >= 0.3 is 11.9 Å². The van der Waals surface area contributed by atoms with Crippen LogP contribution in [0.3, 0.4) is 0 Å². The molecule has 11 heteroatoms. The molecule has 3 N–H and O–H groups in total. The third-order valence-electron chi connectivity index (χ3n) is 5.38. The van der Waals surface area contributed by atoms with Gasteiger partial charge in [0.15, 0.2) is 5.82 Å². The predicted octanol–water partition coefficient (Wildman–Crippen LogP) is 5.26. The van der Waals surface area contributed by atoms with Gasteiger partial charge in [-0.1, -0.05) is 37.9 Å². The number of rotatable bonds is 13. The summed E-state index contributed by atoms with van der Waals surface area (Å²) in [5.41, 5.74) is 3.67. The van der Waals surface area contributed by atoms with E-state index in [0.717, 1.165) is 41.6 Å². The molecule has 0 bridgehead atoms. The Kier molecular flexibility index (Phi) is 12.1. The van der Waals surface area contributed by atoms with Gasteiger partial charge in [-0.15, -0.1) is 0 Å². The minimum absolute atomic E-state index is 0.153. The number of nitrogens with one attached hydrogen (secondary N) is 1. The van der Waals surface area contributed by atoms with Crippen LogP contribution >= 0.6 is 11.6 Å². The second-order valence-corrected chi connectivity index (χ2v) is 8.81. The molecule has 0 atom stereocenters. The smallest absolute Gasteiger partial charge is 0.303 e. The number of aromatic nitrogens is 4. The van der Waals surface area contributed by atoms with E-state index < -0.39 is 11.9 Å². The molecule has 0 spiro atoms. The molecule has 10 nitrogen and oxygen atoms in total. The minimum atomic E-state index is -0.782. The Bertz CT molecular complexity index is 1200. The number of carboxylic acid groups (broad SMARTS) is 2. The van der Waals surface area contributed by atoms with E-state index in [1.54, 1.807) is 6.92 Å². The Balaban J connectivity index is 0.000000877. The normalized spacial score (nSPS) is 10.6. The monoisotopic (exact) mass is 533 g/mol. The van der Waals surface area contributed by atoms with Crippen molar-refractivity contribution in [3.63, 3.8) is 0 Å². The van der Waals surface area contributed by atoms with Crippen LogP contribution in [-0.2, 0) is 36.0 Å². The molecular formula is C26H36ClN5O5. The van der Waals surface area contributed by atoms with Gasteiger partial charge in [0.2, 0.25) is 0 Å². The van der Waals surface area contributed by atoms with Crippen LogP contribution in [0.25, 0.3) is 11.0 Å². The summed E-state index contributed by atoms with van der Waals surface area (Å²) in [5, 5.41) is 25.2. The molecular weight excluding hydrogens is 498 g/mol. The Hall–Kier alpha value is -3.40. The molecule has 0 aliphatic heterocycles. The zero-order valence-electron chi connectivity index (χ0n) is 21.9. The summed E-state index contributed by atoms with van der Waals surface area (Å²) in [6, 6.07) is 5.73. The van der Waals surface area contributed by atoms with Crippen LogP contribution in [0.1, 0.15) is 70.0 Å². The first-order chi connectivity index (χ1) is 17.7. The molecule has 3 rings (SSSR count). The van der Waals surface area contributed by atoms with Gasteiger partial charge in [-0.25, -0.2) is 9.97 Å². The largest absolute Gasteiger partial charge is 0.492 e. The molecule has 2 aromatic heterocycles. The van der Waals surface area contributed by atoms with E-state index in [1.807, 2.05) is 36.9 Å². The highest BCUT2D eigenvalue weighted by atomic mass is 35.5. The van der Waals surface area contributed by atoms with Gasteiger partial charge in [0, 0.05) is 32.9 Å². The van der Waals surface area contributed by atoms with Gasteiger partial charge in [0.1, 0.15) is 22.6 Å². The number of unbranched alkanes of at least 4 members (excludes halogenated alkanes) is 1. The first-order valence-electron chi connectivity index (χ1n) is 12.5. The Morgan fingerprint density at radius 1 is 1.08 bits per heavy atom. The quantitative estimate of drug-likeness (QED) is 0.251. The minimum Gasteiger partial charge on any atom is -0.492 e. The third-order valence-corrected chi connectivity index (χ3v) is 5.68. The number of nitrogens with zero attached hydrogens (tertiary/aromatic N) is 4. The van der Waals surface area contributed by atoms with Crippen molar-refractivity contribution in [1.82, 2.24) is 19.7 Å². The molecule has 0 saturated carbocycles. The number of benzene rings is 1. The molecule has 37 heavy (non-hydrogen) atoms. The molecule has 3 aromatic rings. The number of fused-ring (bicyclic) bond motifs is 1. The topological polar surface area (TPSA) is 139 Å². The van der Waals surface area contributed by atoms with Crippen molar-refractivity contribution in [1.29, 1.82) is 0 Å². The van der Waals surface area contributed by atoms with Gasteiger partial charge in [-0.05, 0) is 43.9 Å². The van der Waals surface area contributed by atoms with E-state index in [2.05, 4.69) is 17.3 Å². The van der Waals surface area contributed by atoms with Crippen molar-refractivity contribution >= 4 is 40.4 Å². The number of anilines is 1. The van der Waals surface area contributed by atoms with E-state index in [-0.39, 0.29) is 12.8 Å². The number of carbonyl (C=O) groups is 2. The lowest BCUT2D eigenvalue weighted by Crippen LogP contribution is -2.08. The lowest BCUT2D eigenvalue weighted by molar-refractivity contribution is -0.137. The van der Waals surface area contributed by atoms with Crippen molar-refractivity contribution in [2.75, 3.05) is 11.9 Å². The van der Waals surface area contributed by atoms with Gasteiger partial charge in [0.25, 0.3) is 0 Å². The van der Waals surface area contributed by atoms with Crippen LogP contribution in [0, 0.1) is 0 Å². The summed E-state index contributed by atoms with van der Waals surface area (Å²) in [5.74, 6) is 0.549. The van der Waals surface area contributed by atoms with E-state index in [4.69, 9.17) is 36.5 Å². The lowest BCUT2D eigenvalue weighted by atomic mass is 10.1. The summed E-state index contributed by atoms with van der Waals surface area (Å²) in [6.45, 7) is 6.73. The van der Waals surface area contributed by atoms with Crippen molar-refractivity contribution in [3.05, 3.63) is 40.3 Å². The van der Waals surface area contributed by atoms with E-state index in [9.17, 15) is 9.59 Å². The number of halogens is 1. The number of aliphatic carboxylic acids is 2. The van der Waals surface area contributed by atoms with Gasteiger partial charge < -0.3 is 20.3 Å². The molecule has 1 aromatic carbocycles. The van der Waals surface area contributed by atoms with Crippen LogP contribution in [0.5, 0.6) is 5.75 Å². The Morgan fingerprint density at radius 2 is 1.81 bits per heavy atom. The maximum Gasteiger partial charge on any atom is 0.303 e. The summed E-state index contributed by atoms with van der Waals surface area (Å²) >= 11 is 6.33. The van der Waals surface area contributed by atoms with Crippen molar-refractivity contribution in [2.45, 2.75) is 72.3 Å². The van der Waals surface area contributed by atoms with Crippen molar-refractivity contribution in [2.24, 2.45) is 7.05 Å². The second-order valence-electron chi connectivity index (χ2n) is 8.41. The molecule has 202 valence electrons. The van der Waals surface area contributed by atoms with Gasteiger partial charge in [-0.3, -0.25) is 14.3 Å². The highest BCUT2D eigenvalue weighted by molar-refractivity contribution is 6.32. The SMILES string of the molecule is CCC(=O)O.CCCc1nn(C)c2c(NCc3ccc(OCC)c(Cl)c3)nc(CCCCC(=O)O)nc12. The van der Waals surface area contributed by atoms with Crippen LogP contribution in [0.4, 0.5) is 5.82 Å². The first-order valence-corrected chi connectivity index (χ1v) is 12.9. The molecule has 0 fully saturated rings. The van der Waals surface area contributed by atoms with Crippen LogP contribution in [0.15, 0.2) is 18.2 Å². The maximum absolute atomic E-state index is 10.8. The van der Waals surface area contributed by atoms with Crippen LogP contribution in [-0.4, -0.2) is 48.5 Å². The predicted molar refractivity (Wildman–Crippen MR) is 143 cm³/mol. The van der Waals surface area contributed by atoms with E-state index >= 15 is 0 Å². The van der Waals surface area contributed by atoms with E-state index in [1.165, 1.54) is 0 Å². The Morgan fingerprint density at radius 3 is 2.41 bits per heavy atom. The highest BCUT2D eigenvalue weighted by Gasteiger charge is 2.17. The fourth-order valence-electron chi connectivity index (χ4n) is 3.60. The average Bonchev–Trinajstić information content (AvgIpc) is 3.17.